The predicted molar refractivity (Wildman–Crippen MR) is 84.2 cm³/mol. The van der Waals surface area contributed by atoms with Gasteiger partial charge < -0.3 is 19.1 Å². The van der Waals surface area contributed by atoms with Crippen LogP contribution in [0.5, 0.6) is 0 Å². The number of carbonyl (C=O) groups is 1. The molecule has 0 radical (unpaired) electrons. The molecular weight excluding hydrogens is 294 g/mol. The number of pyridine rings is 1. The molecule has 0 aromatic carbocycles. The second-order valence-electron chi connectivity index (χ2n) is 5.76. The molecule has 0 spiro atoms. The topological polar surface area (TPSA) is 63.5 Å². The van der Waals surface area contributed by atoms with E-state index in [4.69, 9.17) is 4.74 Å². The minimum Gasteiger partial charge on any atom is -0.372 e. The molecule has 7 heteroatoms. The van der Waals surface area contributed by atoms with Crippen molar-refractivity contribution in [1.82, 2.24) is 19.4 Å². The number of aromatic nitrogens is 3. The maximum atomic E-state index is 12.6. The molecule has 0 unspecified atom stereocenters. The zero-order valence-electron chi connectivity index (χ0n) is 12.9. The van der Waals surface area contributed by atoms with Gasteiger partial charge in [0.15, 0.2) is 0 Å². The molecule has 4 rings (SSSR count). The fraction of sp³-hybridized carbons (Fsp3) is 0.438. The van der Waals surface area contributed by atoms with E-state index in [-0.39, 0.29) is 5.91 Å². The lowest BCUT2D eigenvalue weighted by Gasteiger charge is -2.35. The number of rotatable bonds is 2. The van der Waals surface area contributed by atoms with E-state index in [0.717, 1.165) is 31.3 Å². The van der Waals surface area contributed by atoms with Gasteiger partial charge in [-0.15, -0.1) is 0 Å². The van der Waals surface area contributed by atoms with Gasteiger partial charge in [0.05, 0.1) is 6.61 Å². The van der Waals surface area contributed by atoms with Gasteiger partial charge in [0, 0.05) is 45.1 Å². The number of carbonyl (C=O) groups excluding carboxylic acids is 1. The highest BCUT2D eigenvalue weighted by Crippen LogP contribution is 2.16. The molecule has 0 atom stereocenters. The van der Waals surface area contributed by atoms with Crippen molar-refractivity contribution in [2.45, 2.75) is 13.2 Å². The molecule has 4 heterocycles. The number of fused-ring (bicyclic) bond motifs is 1. The number of imidazole rings is 1. The van der Waals surface area contributed by atoms with Crippen molar-refractivity contribution in [2.24, 2.45) is 0 Å². The fourth-order valence-electron chi connectivity index (χ4n) is 3.03. The van der Waals surface area contributed by atoms with E-state index in [1.165, 1.54) is 0 Å². The number of ether oxygens (including phenoxy) is 1. The summed E-state index contributed by atoms with van der Waals surface area (Å²) in [6.07, 6.45) is 3.65. The van der Waals surface area contributed by atoms with Crippen LogP contribution in [0.2, 0.25) is 0 Å². The maximum absolute atomic E-state index is 12.6. The lowest BCUT2D eigenvalue weighted by atomic mass is 10.2. The Kier molecular flexibility index (Phi) is 3.70. The van der Waals surface area contributed by atoms with Crippen molar-refractivity contribution in [1.29, 1.82) is 0 Å². The minimum absolute atomic E-state index is 0.00701. The Bertz CT molecular complexity index is 668. The van der Waals surface area contributed by atoms with Crippen LogP contribution in [0.1, 0.15) is 16.3 Å². The molecule has 1 saturated heterocycles. The molecule has 1 fully saturated rings. The first-order chi connectivity index (χ1) is 11.3. The fourth-order valence-corrected chi connectivity index (χ4v) is 3.03. The molecule has 0 saturated carbocycles. The Morgan fingerprint density at radius 1 is 1.13 bits per heavy atom. The van der Waals surface area contributed by atoms with Gasteiger partial charge in [-0.3, -0.25) is 4.79 Å². The van der Waals surface area contributed by atoms with Crippen LogP contribution in [0.3, 0.4) is 0 Å². The number of anilines is 1. The van der Waals surface area contributed by atoms with Crippen LogP contribution < -0.4 is 4.90 Å². The second-order valence-corrected chi connectivity index (χ2v) is 5.76. The van der Waals surface area contributed by atoms with Gasteiger partial charge in [0.2, 0.25) is 0 Å². The molecule has 7 nitrogen and oxygen atoms in total. The largest absolute Gasteiger partial charge is 0.372 e. The first-order valence-corrected chi connectivity index (χ1v) is 7.90. The maximum Gasteiger partial charge on any atom is 0.274 e. The third kappa shape index (κ3) is 2.79. The summed E-state index contributed by atoms with van der Waals surface area (Å²) in [6, 6.07) is 5.89. The third-order valence-corrected chi connectivity index (χ3v) is 4.33. The molecular formula is C16H19N5O2. The molecule has 0 aliphatic carbocycles. The summed E-state index contributed by atoms with van der Waals surface area (Å²) >= 11 is 0. The van der Waals surface area contributed by atoms with Crippen LogP contribution >= 0.6 is 0 Å². The number of nitrogens with zero attached hydrogens (tertiary/aromatic N) is 5. The second kappa shape index (κ2) is 6.00. The quantitative estimate of drug-likeness (QED) is 0.819. The molecule has 120 valence electrons. The summed E-state index contributed by atoms with van der Waals surface area (Å²) in [6.45, 7) is 4.89. The van der Waals surface area contributed by atoms with Crippen molar-refractivity contribution < 1.29 is 9.53 Å². The molecule has 2 aromatic rings. The van der Waals surface area contributed by atoms with Crippen LogP contribution in [0, 0.1) is 0 Å². The average Bonchev–Trinajstić information content (AvgIpc) is 3.06. The van der Waals surface area contributed by atoms with Crippen LogP contribution in [0.25, 0.3) is 0 Å². The average molecular weight is 313 g/mol. The molecule has 2 aliphatic heterocycles. The van der Waals surface area contributed by atoms with Gasteiger partial charge in [0.25, 0.3) is 5.91 Å². The summed E-state index contributed by atoms with van der Waals surface area (Å²) in [4.78, 5) is 25.5. The first-order valence-electron chi connectivity index (χ1n) is 7.90. The first kappa shape index (κ1) is 14.2. The smallest absolute Gasteiger partial charge is 0.274 e. The monoisotopic (exact) mass is 313 g/mol. The van der Waals surface area contributed by atoms with E-state index >= 15 is 0 Å². The standard InChI is InChI=1S/C16H19N5O2/c22-16(13-11-21-9-10-23-12-15(21)18-13)20-7-5-19(6-8-20)14-3-1-2-4-17-14/h1-4,11H,5-10,12H2. The molecule has 0 bridgehead atoms. The summed E-state index contributed by atoms with van der Waals surface area (Å²) in [5, 5.41) is 0. The van der Waals surface area contributed by atoms with E-state index in [9.17, 15) is 4.79 Å². The lowest BCUT2D eigenvalue weighted by Crippen LogP contribution is -2.49. The highest BCUT2D eigenvalue weighted by Gasteiger charge is 2.25. The number of hydrogen-bond acceptors (Lipinski definition) is 5. The van der Waals surface area contributed by atoms with Gasteiger partial charge in [-0.1, -0.05) is 6.07 Å². The van der Waals surface area contributed by atoms with Gasteiger partial charge in [-0.25, -0.2) is 9.97 Å². The normalized spacial score (nSPS) is 17.9. The van der Waals surface area contributed by atoms with E-state index in [0.29, 0.717) is 32.0 Å². The van der Waals surface area contributed by atoms with E-state index in [1.807, 2.05) is 33.9 Å². The predicted octanol–water partition coefficient (Wildman–Crippen LogP) is 0.771. The summed E-state index contributed by atoms with van der Waals surface area (Å²) in [7, 11) is 0. The summed E-state index contributed by atoms with van der Waals surface area (Å²) in [5.74, 6) is 1.81. The Hall–Kier alpha value is -2.41. The SMILES string of the molecule is O=C(c1cn2c(n1)COCC2)N1CCN(c2ccccn2)CC1. The van der Waals surface area contributed by atoms with E-state index < -0.39 is 0 Å². The summed E-state index contributed by atoms with van der Waals surface area (Å²) < 4.78 is 7.39. The van der Waals surface area contributed by atoms with Crippen LogP contribution in [0.4, 0.5) is 5.82 Å². The van der Waals surface area contributed by atoms with Gasteiger partial charge in [0.1, 0.15) is 23.9 Å². The Balaban J connectivity index is 1.42. The Morgan fingerprint density at radius 2 is 2.00 bits per heavy atom. The van der Waals surface area contributed by atoms with Crippen molar-refractivity contribution in [3.8, 4) is 0 Å². The zero-order valence-corrected chi connectivity index (χ0v) is 12.9. The van der Waals surface area contributed by atoms with Crippen LogP contribution in [-0.2, 0) is 17.9 Å². The van der Waals surface area contributed by atoms with Crippen molar-refractivity contribution >= 4 is 11.7 Å². The number of hydrogen-bond donors (Lipinski definition) is 0. The Morgan fingerprint density at radius 3 is 2.74 bits per heavy atom. The van der Waals surface area contributed by atoms with Gasteiger partial charge in [-0.2, -0.15) is 0 Å². The highest BCUT2D eigenvalue weighted by atomic mass is 16.5. The van der Waals surface area contributed by atoms with Gasteiger partial charge in [-0.05, 0) is 12.1 Å². The Labute approximate surface area is 134 Å². The number of piperazine rings is 1. The van der Waals surface area contributed by atoms with Crippen LogP contribution in [-0.4, -0.2) is 58.1 Å². The number of amides is 1. The lowest BCUT2D eigenvalue weighted by molar-refractivity contribution is 0.0740. The zero-order chi connectivity index (χ0) is 15.6. The van der Waals surface area contributed by atoms with E-state index in [2.05, 4.69) is 14.9 Å². The van der Waals surface area contributed by atoms with Crippen molar-refractivity contribution in [3.05, 3.63) is 42.1 Å². The molecule has 1 amide bonds. The van der Waals surface area contributed by atoms with Crippen LogP contribution in [0.15, 0.2) is 30.6 Å². The highest BCUT2D eigenvalue weighted by molar-refractivity contribution is 5.92. The minimum atomic E-state index is 0.00701. The van der Waals surface area contributed by atoms with Crippen molar-refractivity contribution in [3.63, 3.8) is 0 Å². The van der Waals surface area contributed by atoms with Gasteiger partial charge >= 0.3 is 0 Å². The molecule has 0 N–H and O–H groups in total. The van der Waals surface area contributed by atoms with E-state index in [1.54, 1.807) is 6.20 Å². The van der Waals surface area contributed by atoms with Crippen molar-refractivity contribution in [2.75, 3.05) is 37.7 Å². The molecule has 2 aromatic heterocycles. The summed E-state index contributed by atoms with van der Waals surface area (Å²) in [5.41, 5.74) is 0.525. The molecule has 2 aliphatic rings. The third-order valence-electron chi connectivity index (χ3n) is 4.33. The molecule has 23 heavy (non-hydrogen) atoms.